The summed E-state index contributed by atoms with van der Waals surface area (Å²) in [6, 6.07) is 1.05. The van der Waals surface area contributed by atoms with E-state index in [0.29, 0.717) is 19.5 Å². The molecule has 19 heavy (non-hydrogen) atoms. The molecule has 2 N–H and O–H groups in total. The normalized spacial score (nSPS) is 19.2. The van der Waals surface area contributed by atoms with Crippen molar-refractivity contribution in [2.45, 2.75) is 38.8 Å². The molecule has 2 heterocycles. The summed E-state index contributed by atoms with van der Waals surface area (Å²) in [5, 5.41) is 13.9. The van der Waals surface area contributed by atoms with Crippen molar-refractivity contribution in [3.05, 3.63) is 21.9 Å². The van der Waals surface area contributed by atoms with Gasteiger partial charge in [-0.3, -0.25) is 0 Å². The second kappa shape index (κ2) is 6.06. The minimum Gasteiger partial charge on any atom is -0.480 e. The molecule has 1 aliphatic heterocycles. The zero-order valence-electron chi connectivity index (χ0n) is 10.9. The molecule has 0 bridgehead atoms. The van der Waals surface area contributed by atoms with Crippen LogP contribution in [-0.2, 0) is 11.3 Å². The van der Waals surface area contributed by atoms with Crippen LogP contribution in [0.4, 0.5) is 4.79 Å². The van der Waals surface area contributed by atoms with E-state index in [9.17, 15) is 9.59 Å². The van der Waals surface area contributed by atoms with E-state index in [1.165, 1.54) is 4.90 Å². The highest BCUT2D eigenvalue weighted by Gasteiger charge is 2.31. The molecule has 0 radical (unpaired) electrons. The molecule has 1 saturated heterocycles. The van der Waals surface area contributed by atoms with Crippen LogP contribution in [0.3, 0.4) is 0 Å². The largest absolute Gasteiger partial charge is 0.480 e. The van der Waals surface area contributed by atoms with Gasteiger partial charge in [-0.15, -0.1) is 11.3 Å². The summed E-state index contributed by atoms with van der Waals surface area (Å²) < 4.78 is 0. The first-order valence-corrected chi connectivity index (χ1v) is 7.28. The van der Waals surface area contributed by atoms with Crippen molar-refractivity contribution in [2.24, 2.45) is 0 Å². The van der Waals surface area contributed by atoms with Crippen molar-refractivity contribution in [3.63, 3.8) is 0 Å². The highest BCUT2D eigenvalue weighted by atomic mass is 32.1. The van der Waals surface area contributed by atoms with E-state index < -0.39 is 12.0 Å². The summed E-state index contributed by atoms with van der Waals surface area (Å²) >= 11 is 1.60. The Labute approximate surface area is 116 Å². The van der Waals surface area contributed by atoms with Crippen LogP contribution in [0, 0.1) is 6.92 Å². The number of nitrogens with zero attached hydrogens (tertiary/aromatic N) is 1. The van der Waals surface area contributed by atoms with Gasteiger partial charge in [-0.1, -0.05) is 0 Å². The number of carbonyl (C=O) groups is 2. The number of carboxylic acids is 1. The molecular weight excluding hydrogens is 264 g/mol. The van der Waals surface area contributed by atoms with Gasteiger partial charge in [-0.25, -0.2) is 9.59 Å². The minimum atomic E-state index is -0.915. The molecule has 0 spiro atoms. The standard InChI is InChI=1S/C13H18N2O3S/c1-9-5-7-19-11(9)8-14-13(18)15-6-3-2-4-10(15)12(16)17/h5,7,10H,2-4,6,8H2,1H3,(H,14,18)(H,16,17). The monoisotopic (exact) mass is 282 g/mol. The lowest BCUT2D eigenvalue weighted by Crippen LogP contribution is -2.51. The van der Waals surface area contributed by atoms with Gasteiger partial charge in [0.2, 0.25) is 0 Å². The maximum Gasteiger partial charge on any atom is 0.326 e. The van der Waals surface area contributed by atoms with Gasteiger partial charge in [0, 0.05) is 11.4 Å². The van der Waals surface area contributed by atoms with Gasteiger partial charge in [0.1, 0.15) is 6.04 Å². The Morgan fingerprint density at radius 3 is 2.95 bits per heavy atom. The van der Waals surface area contributed by atoms with Gasteiger partial charge < -0.3 is 15.3 Å². The van der Waals surface area contributed by atoms with Gasteiger partial charge in [-0.05, 0) is 43.2 Å². The average molecular weight is 282 g/mol. The zero-order chi connectivity index (χ0) is 13.8. The number of urea groups is 1. The number of hydrogen-bond acceptors (Lipinski definition) is 3. The first-order valence-electron chi connectivity index (χ1n) is 6.40. The Morgan fingerprint density at radius 2 is 2.32 bits per heavy atom. The highest BCUT2D eigenvalue weighted by molar-refractivity contribution is 7.10. The number of thiophene rings is 1. The zero-order valence-corrected chi connectivity index (χ0v) is 11.7. The van der Waals surface area contributed by atoms with Crippen LogP contribution in [0.15, 0.2) is 11.4 Å². The third-order valence-corrected chi connectivity index (χ3v) is 4.44. The van der Waals surface area contributed by atoms with Gasteiger partial charge >= 0.3 is 12.0 Å². The number of aryl methyl sites for hydroxylation is 1. The molecule has 1 aromatic rings. The van der Waals surface area contributed by atoms with E-state index >= 15 is 0 Å². The molecule has 1 fully saturated rings. The Morgan fingerprint density at radius 1 is 1.53 bits per heavy atom. The third-order valence-electron chi connectivity index (χ3n) is 3.42. The number of hydrogen-bond donors (Lipinski definition) is 2. The highest BCUT2D eigenvalue weighted by Crippen LogP contribution is 2.18. The second-order valence-electron chi connectivity index (χ2n) is 4.73. The van der Waals surface area contributed by atoms with Crippen molar-refractivity contribution in [2.75, 3.05) is 6.54 Å². The van der Waals surface area contributed by atoms with E-state index in [1.807, 2.05) is 18.4 Å². The number of rotatable bonds is 3. The fourth-order valence-electron chi connectivity index (χ4n) is 2.27. The summed E-state index contributed by atoms with van der Waals surface area (Å²) in [6.07, 6.45) is 2.28. The summed E-state index contributed by atoms with van der Waals surface area (Å²) in [5.74, 6) is -0.915. The fraction of sp³-hybridized carbons (Fsp3) is 0.538. The van der Waals surface area contributed by atoms with E-state index in [0.717, 1.165) is 23.3 Å². The molecule has 1 unspecified atom stereocenters. The van der Waals surface area contributed by atoms with Gasteiger partial charge in [0.25, 0.3) is 0 Å². The smallest absolute Gasteiger partial charge is 0.326 e. The van der Waals surface area contributed by atoms with E-state index in [1.54, 1.807) is 11.3 Å². The first-order chi connectivity index (χ1) is 9.09. The van der Waals surface area contributed by atoms with Gasteiger partial charge in [-0.2, -0.15) is 0 Å². The number of amides is 2. The molecule has 5 nitrogen and oxygen atoms in total. The van der Waals surface area contributed by atoms with Crippen LogP contribution in [0.1, 0.15) is 29.7 Å². The number of likely N-dealkylation sites (tertiary alicyclic amines) is 1. The summed E-state index contributed by atoms with van der Waals surface area (Å²) in [4.78, 5) is 25.8. The number of carboxylic acid groups (broad SMARTS) is 1. The van der Waals surface area contributed by atoms with Crippen molar-refractivity contribution < 1.29 is 14.7 Å². The number of carbonyl (C=O) groups excluding carboxylic acids is 1. The molecule has 2 rings (SSSR count). The summed E-state index contributed by atoms with van der Waals surface area (Å²) in [6.45, 7) is 2.98. The molecule has 104 valence electrons. The maximum atomic E-state index is 12.1. The molecule has 0 aromatic carbocycles. The van der Waals surface area contributed by atoms with Crippen LogP contribution in [0.25, 0.3) is 0 Å². The summed E-state index contributed by atoms with van der Waals surface area (Å²) in [7, 11) is 0. The lowest BCUT2D eigenvalue weighted by Gasteiger charge is -2.32. The molecule has 1 aliphatic rings. The second-order valence-corrected chi connectivity index (χ2v) is 5.73. The fourth-order valence-corrected chi connectivity index (χ4v) is 3.12. The maximum absolute atomic E-state index is 12.1. The summed E-state index contributed by atoms with van der Waals surface area (Å²) in [5.41, 5.74) is 1.15. The Hall–Kier alpha value is -1.56. The number of nitrogens with one attached hydrogen (secondary N) is 1. The lowest BCUT2D eigenvalue weighted by atomic mass is 10.0. The molecule has 6 heteroatoms. The SMILES string of the molecule is Cc1ccsc1CNC(=O)N1CCCCC1C(=O)O. The van der Waals surface area contributed by atoms with Crippen molar-refractivity contribution in [1.82, 2.24) is 10.2 Å². The molecular formula is C13H18N2O3S. The minimum absolute atomic E-state index is 0.278. The predicted molar refractivity (Wildman–Crippen MR) is 73.3 cm³/mol. The lowest BCUT2D eigenvalue weighted by molar-refractivity contribution is -0.143. The van der Waals surface area contributed by atoms with Gasteiger partial charge in [0.15, 0.2) is 0 Å². The van der Waals surface area contributed by atoms with Crippen molar-refractivity contribution in [3.8, 4) is 0 Å². The molecule has 0 saturated carbocycles. The Balaban J connectivity index is 1.94. The van der Waals surface area contributed by atoms with Gasteiger partial charge in [0.05, 0.1) is 6.54 Å². The van der Waals surface area contributed by atoms with Crippen LogP contribution in [-0.4, -0.2) is 34.6 Å². The average Bonchev–Trinajstić information content (AvgIpc) is 2.81. The van der Waals surface area contributed by atoms with Crippen LogP contribution < -0.4 is 5.32 Å². The Bertz CT molecular complexity index is 472. The topological polar surface area (TPSA) is 69.6 Å². The van der Waals surface area contributed by atoms with E-state index in [2.05, 4.69) is 5.32 Å². The van der Waals surface area contributed by atoms with E-state index in [4.69, 9.17) is 5.11 Å². The van der Waals surface area contributed by atoms with Crippen molar-refractivity contribution >= 4 is 23.3 Å². The third kappa shape index (κ3) is 3.26. The Kier molecular flexibility index (Phi) is 4.42. The molecule has 1 aromatic heterocycles. The molecule has 0 aliphatic carbocycles. The van der Waals surface area contributed by atoms with E-state index in [-0.39, 0.29) is 6.03 Å². The number of aliphatic carboxylic acids is 1. The quantitative estimate of drug-likeness (QED) is 0.893. The molecule has 1 atom stereocenters. The predicted octanol–water partition coefficient (Wildman–Crippen LogP) is 2.21. The van der Waals surface area contributed by atoms with Crippen LogP contribution in [0.5, 0.6) is 0 Å². The van der Waals surface area contributed by atoms with Crippen LogP contribution >= 0.6 is 11.3 Å². The van der Waals surface area contributed by atoms with Crippen molar-refractivity contribution in [1.29, 1.82) is 0 Å². The van der Waals surface area contributed by atoms with Crippen LogP contribution in [0.2, 0.25) is 0 Å². The first kappa shape index (κ1) is 13.9. The molecule has 2 amide bonds. The number of piperidine rings is 1.